The first kappa shape index (κ1) is 18.5. The van der Waals surface area contributed by atoms with Crippen molar-refractivity contribution in [3.05, 3.63) is 0 Å². The summed E-state index contributed by atoms with van der Waals surface area (Å²) in [5.41, 5.74) is -0.0399. The molecule has 0 radical (unpaired) electrons. The topological polar surface area (TPSA) is 56.8 Å². The lowest BCUT2D eigenvalue weighted by Crippen LogP contribution is -2.56. The second-order valence-electron chi connectivity index (χ2n) is 7.44. The maximum atomic E-state index is 12.0. The van der Waals surface area contributed by atoms with Crippen LogP contribution >= 0.6 is 0 Å². The van der Waals surface area contributed by atoms with Gasteiger partial charge < -0.3 is 20.3 Å². The molecule has 2 aliphatic rings. The number of hydrogen-bond acceptors (Lipinski definition) is 4. The van der Waals surface area contributed by atoms with Gasteiger partial charge in [0.05, 0.1) is 13.2 Å². The number of hydrogen-bond donors (Lipinski definition) is 2. The predicted octanol–water partition coefficient (Wildman–Crippen LogP) is 1.27. The molecule has 23 heavy (non-hydrogen) atoms. The van der Waals surface area contributed by atoms with Gasteiger partial charge >= 0.3 is 6.03 Å². The standard InChI is InChI=1S/C17H34N4O2/c1-17(2,21-10-12-23-13-11-21)14-19-16(22)18-8-9-20(3)15-6-4-5-7-15/h15H,4-14H2,1-3H3,(H2,18,19,22). The Kier molecular flexibility index (Phi) is 7.11. The molecule has 6 heteroatoms. The van der Waals surface area contributed by atoms with Crippen molar-refractivity contribution < 1.29 is 9.53 Å². The molecule has 1 saturated heterocycles. The monoisotopic (exact) mass is 326 g/mol. The van der Waals surface area contributed by atoms with E-state index in [1.807, 2.05) is 0 Å². The molecular formula is C17H34N4O2. The van der Waals surface area contributed by atoms with E-state index in [9.17, 15) is 4.79 Å². The predicted molar refractivity (Wildman–Crippen MR) is 92.8 cm³/mol. The molecule has 2 fully saturated rings. The number of rotatable bonds is 7. The van der Waals surface area contributed by atoms with E-state index < -0.39 is 0 Å². The van der Waals surface area contributed by atoms with Crippen molar-refractivity contribution in [3.8, 4) is 0 Å². The van der Waals surface area contributed by atoms with E-state index >= 15 is 0 Å². The number of amides is 2. The minimum absolute atomic E-state index is 0.0399. The average molecular weight is 326 g/mol. The lowest BCUT2D eigenvalue weighted by atomic mass is 10.0. The zero-order valence-corrected chi connectivity index (χ0v) is 15.1. The molecule has 0 aromatic carbocycles. The van der Waals surface area contributed by atoms with Gasteiger partial charge in [-0.25, -0.2) is 4.79 Å². The summed E-state index contributed by atoms with van der Waals surface area (Å²) in [7, 11) is 2.16. The molecule has 2 amide bonds. The van der Waals surface area contributed by atoms with Crippen molar-refractivity contribution in [2.24, 2.45) is 0 Å². The molecule has 134 valence electrons. The van der Waals surface area contributed by atoms with E-state index in [4.69, 9.17) is 4.74 Å². The highest BCUT2D eigenvalue weighted by Crippen LogP contribution is 2.21. The fourth-order valence-corrected chi connectivity index (χ4v) is 3.51. The molecule has 0 unspecified atom stereocenters. The summed E-state index contributed by atoms with van der Waals surface area (Å²) >= 11 is 0. The summed E-state index contributed by atoms with van der Waals surface area (Å²) in [5.74, 6) is 0. The van der Waals surface area contributed by atoms with Gasteiger partial charge in [0.1, 0.15) is 0 Å². The zero-order chi connectivity index (χ0) is 16.7. The molecule has 0 spiro atoms. The van der Waals surface area contributed by atoms with Crippen LogP contribution in [0.4, 0.5) is 4.79 Å². The average Bonchev–Trinajstić information content (AvgIpc) is 3.08. The van der Waals surface area contributed by atoms with E-state index in [0.29, 0.717) is 19.1 Å². The quantitative estimate of drug-likeness (QED) is 0.740. The second kappa shape index (κ2) is 8.85. The normalized spacial score (nSPS) is 20.9. The minimum atomic E-state index is -0.0637. The van der Waals surface area contributed by atoms with Gasteiger partial charge in [0.15, 0.2) is 0 Å². The Morgan fingerprint density at radius 3 is 2.52 bits per heavy atom. The van der Waals surface area contributed by atoms with Gasteiger partial charge in [0, 0.05) is 44.3 Å². The van der Waals surface area contributed by atoms with E-state index in [0.717, 1.165) is 32.8 Å². The smallest absolute Gasteiger partial charge is 0.314 e. The van der Waals surface area contributed by atoms with Gasteiger partial charge in [-0.15, -0.1) is 0 Å². The summed E-state index contributed by atoms with van der Waals surface area (Å²) in [4.78, 5) is 16.8. The molecule has 2 rings (SSSR count). The van der Waals surface area contributed by atoms with Crippen LogP contribution in [0, 0.1) is 0 Å². The molecule has 1 saturated carbocycles. The van der Waals surface area contributed by atoms with Crippen molar-refractivity contribution in [3.63, 3.8) is 0 Å². The maximum absolute atomic E-state index is 12.0. The molecule has 0 atom stereocenters. The Labute approximate surface area is 140 Å². The van der Waals surface area contributed by atoms with Gasteiger partial charge in [0.2, 0.25) is 0 Å². The van der Waals surface area contributed by atoms with Gasteiger partial charge in [-0.2, -0.15) is 0 Å². The number of ether oxygens (including phenoxy) is 1. The van der Waals surface area contributed by atoms with Gasteiger partial charge in [-0.1, -0.05) is 12.8 Å². The van der Waals surface area contributed by atoms with E-state index in [1.165, 1.54) is 25.7 Å². The van der Waals surface area contributed by atoms with Gasteiger partial charge in [0.25, 0.3) is 0 Å². The lowest BCUT2D eigenvalue weighted by Gasteiger charge is -2.40. The molecule has 2 N–H and O–H groups in total. The van der Waals surface area contributed by atoms with Crippen LogP contribution in [-0.4, -0.2) is 80.4 Å². The number of carbonyl (C=O) groups excluding carboxylic acids is 1. The second-order valence-corrected chi connectivity index (χ2v) is 7.44. The van der Waals surface area contributed by atoms with Crippen LogP contribution in [-0.2, 0) is 4.74 Å². The van der Waals surface area contributed by atoms with Crippen LogP contribution in [0.1, 0.15) is 39.5 Å². The molecule has 6 nitrogen and oxygen atoms in total. The third-order valence-electron chi connectivity index (χ3n) is 5.25. The van der Waals surface area contributed by atoms with Crippen molar-refractivity contribution in [2.75, 3.05) is 53.0 Å². The largest absolute Gasteiger partial charge is 0.379 e. The number of carbonyl (C=O) groups is 1. The molecule has 0 bridgehead atoms. The first-order chi connectivity index (χ1) is 11.0. The number of nitrogens with zero attached hydrogens (tertiary/aromatic N) is 2. The molecule has 0 aromatic rings. The number of likely N-dealkylation sites (N-methyl/N-ethyl adjacent to an activating group) is 1. The van der Waals surface area contributed by atoms with Crippen molar-refractivity contribution in [1.29, 1.82) is 0 Å². The number of morpholine rings is 1. The molecule has 0 aromatic heterocycles. The maximum Gasteiger partial charge on any atom is 0.314 e. The molecule has 1 aliphatic heterocycles. The SMILES string of the molecule is CN(CCNC(=O)NCC(C)(C)N1CCOCC1)C1CCCC1. The summed E-state index contributed by atoms with van der Waals surface area (Å²) < 4.78 is 5.39. The van der Waals surface area contributed by atoms with Crippen LogP contribution in [0.15, 0.2) is 0 Å². The number of urea groups is 1. The van der Waals surface area contributed by atoms with Crippen LogP contribution in [0.5, 0.6) is 0 Å². The molecule has 1 aliphatic carbocycles. The highest BCUT2D eigenvalue weighted by molar-refractivity contribution is 5.73. The van der Waals surface area contributed by atoms with Crippen molar-refractivity contribution >= 4 is 6.03 Å². The lowest BCUT2D eigenvalue weighted by molar-refractivity contribution is -0.00874. The Morgan fingerprint density at radius 2 is 1.87 bits per heavy atom. The Morgan fingerprint density at radius 1 is 1.22 bits per heavy atom. The van der Waals surface area contributed by atoms with Crippen LogP contribution in [0.2, 0.25) is 0 Å². The zero-order valence-electron chi connectivity index (χ0n) is 15.1. The Hall–Kier alpha value is -0.850. The Bertz CT molecular complexity index is 364. The highest BCUT2D eigenvalue weighted by atomic mass is 16.5. The molecular weight excluding hydrogens is 292 g/mol. The first-order valence-corrected chi connectivity index (χ1v) is 9.04. The summed E-state index contributed by atoms with van der Waals surface area (Å²) in [6, 6.07) is 0.645. The fraction of sp³-hybridized carbons (Fsp3) is 0.941. The van der Waals surface area contributed by atoms with Gasteiger partial charge in [-0.05, 0) is 33.7 Å². The summed E-state index contributed by atoms with van der Waals surface area (Å²) in [6.07, 6.45) is 5.30. The van der Waals surface area contributed by atoms with Crippen LogP contribution in [0.3, 0.4) is 0 Å². The third-order valence-corrected chi connectivity index (χ3v) is 5.25. The highest BCUT2D eigenvalue weighted by Gasteiger charge is 2.28. The van der Waals surface area contributed by atoms with Crippen molar-refractivity contribution in [1.82, 2.24) is 20.4 Å². The third kappa shape index (κ3) is 5.94. The fourth-order valence-electron chi connectivity index (χ4n) is 3.51. The Balaban J connectivity index is 1.60. The summed E-state index contributed by atoms with van der Waals surface area (Å²) in [6.45, 7) is 10.1. The van der Waals surface area contributed by atoms with E-state index in [1.54, 1.807) is 0 Å². The van der Waals surface area contributed by atoms with Gasteiger partial charge in [-0.3, -0.25) is 4.90 Å². The summed E-state index contributed by atoms with van der Waals surface area (Å²) in [5, 5.41) is 5.99. The minimum Gasteiger partial charge on any atom is -0.379 e. The van der Waals surface area contributed by atoms with Crippen LogP contribution in [0.25, 0.3) is 0 Å². The van der Waals surface area contributed by atoms with E-state index in [2.05, 4.69) is 41.3 Å². The molecule has 1 heterocycles. The first-order valence-electron chi connectivity index (χ1n) is 9.04. The van der Waals surface area contributed by atoms with E-state index in [-0.39, 0.29) is 11.6 Å². The van der Waals surface area contributed by atoms with Crippen LogP contribution < -0.4 is 10.6 Å². The number of nitrogens with one attached hydrogen (secondary N) is 2. The van der Waals surface area contributed by atoms with Crippen molar-refractivity contribution in [2.45, 2.75) is 51.1 Å².